The molecule has 2 unspecified atom stereocenters. The van der Waals surface area contributed by atoms with E-state index < -0.39 is 11.9 Å². The molecule has 4 N–H and O–H groups in total. The minimum Gasteiger partial charge on any atom is -0.478 e. The zero-order valence-corrected chi connectivity index (χ0v) is 17.2. The van der Waals surface area contributed by atoms with Gasteiger partial charge < -0.3 is 20.4 Å². The summed E-state index contributed by atoms with van der Waals surface area (Å²) in [6.07, 6.45) is 1.64. The van der Waals surface area contributed by atoms with Crippen molar-refractivity contribution < 1.29 is 30.0 Å². The van der Waals surface area contributed by atoms with Crippen LogP contribution in [-0.4, -0.2) is 44.6 Å². The first-order chi connectivity index (χ1) is 13.8. The van der Waals surface area contributed by atoms with Crippen LogP contribution in [0.25, 0.3) is 0 Å². The van der Waals surface area contributed by atoms with Crippen molar-refractivity contribution >= 4 is 11.9 Å². The number of carboxylic acid groups (broad SMARTS) is 2. The van der Waals surface area contributed by atoms with Gasteiger partial charge in [-0.2, -0.15) is 0 Å². The summed E-state index contributed by atoms with van der Waals surface area (Å²) in [5, 5.41) is 35.7. The van der Waals surface area contributed by atoms with E-state index in [0.717, 1.165) is 19.3 Å². The molecule has 0 aromatic heterocycles. The molecule has 2 aromatic carbocycles. The molecule has 0 spiro atoms. The first kappa shape index (κ1) is 26.3. The van der Waals surface area contributed by atoms with Crippen LogP contribution in [0, 0.1) is 5.92 Å². The molecule has 0 amide bonds. The highest BCUT2D eigenvalue weighted by Crippen LogP contribution is 2.18. The number of hydrogen-bond donors (Lipinski definition) is 4. The normalized spacial score (nSPS) is 12.9. The van der Waals surface area contributed by atoms with Gasteiger partial charge in [0, 0.05) is 5.92 Å². The van der Waals surface area contributed by atoms with Crippen molar-refractivity contribution in [2.24, 2.45) is 5.92 Å². The van der Waals surface area contributed by atoms with Gasteiger partial charge in [0.2, 0.25) is 0 Å². The van der Waals surface area contributed by atoms with Crippen LogP contribution in [0.5, 0.6) is 0 Å². The topological polar surface area (TPSA) is 115 Å². The lowest BCUT2D eigenvalue weighted by molar-refractivity contribution is 0.00713. The van der Waals surface area contributed by atoms with Crippen molar-refractivity contribution in [1.29, 1.82) is 0 Å². The number of carboxylic acids is 2. The molecule has 0 saturated carbocycles. The molecule has 0 aliphatic carbocycles. The number of aliphatic hydroxyl groups is 2. The van der Waals surface area contributed by atoms with E-state index in [-0.39, 0.29) is 18.1 Å². The van der Waals surface area contributed by atoms with Crippen LogP contribution in [-0.2, 0) is 0 Å². The number of aromatic carboxylic acids is 2. The zero-order valence-electron chi connectivity index (χ0n) is 17.2. The first-order valence-corrected chi connectivity index (χ1v) is 9.71. The third-order valence-electron chi connectivity index (χ3n) is 4.34. The highest BCUT2D eigenvalue weighted by Gasteiger charge is 2.22. The number of carbonyl (C=O) groups is 2. The maximum atomic E-state index is 10.2. The Labute approximate surface area is 172 Å². The van der Waals surface area contributed by atoms with Gasteiger partial charge in [0.1, 0.15) is 0 Å². The van der Waals surface area contributed by atoms with Gasteiger partial charge in [-0.15, -0.1) is 0 Å². The van der Waals surface area contributed by atoms with Crippen LogP contribution in [0.2, 0.25) is 0 Å². The summed E-state index contributed by atoms with van der Waals surface area (Å²) in [5.74, 6) is -1.70. The highest BCUT2D eigenvalue weighted by atomic mass is 16.4. The van der Waals surface area contributed by atoms with Crippen LogP contribution in [0.1, 0.15) is 60.7 Å². The van der Waals surface area contributed by atoms with Crippen LogP contribution in [0.4, 0.5) is 0 Å². The lowest BCUT2D eigenvalue weighted by atomic mass is 9.90. The van der Waals surface area contributed by atoms with Gasteiger partial charge >= 0.3 is 11.9 Å². The Kier molecular flexibility index (Phi) is 13.8. The molecule has 0 saturated heterocycles. The lowest BCUT2D eigenvalue weighted by Gasteiger charge is -2.24. The van der Waals surface area contributed by atoms with E-state index in [2.05, 4.69) is 0 Å². The Morgan fingerprint density at radius 3 is 1.14 bits per heavy atom. The molecule has 6 nitrogen and oxygen atoms in total. The zero-order chi connectivity index (χ0) is 22.2. The van der Waals surface area contributed by atoms with Gasteiger partial charge in [-0.3, -0.25) is 0 Å². The molecule has 0 aliphatic heterocycles. The fourth-order valence-electron chi connectivity index (χ4n) is 2.57. The molecular formula is C23H32O6. The SMILES string of the molecule is CCC(O)C(CC)C(O)CC.O=C(O)c1ccccc1.O=C(O)c1ccccc1. The van der Waals surface area contributed by atoms with E-state index >= 15 is 0 Å². The maximum Gasteiger partial charge on any atom is 0.335 e. The Balaban J connectivity index is 0.000000408. The molecular weight excluding hydrogens is 372 g/mol. The molecule has 160 valence electrons. The van der Waals surface area contributed by atoms with Crippen molar-refractivity contribution in [3.63, 3.8) is 0 Å². The third-order valence-corrected chi connectivity index (χ3v) is 4.34. The summed E-state index contributed by atoms with van der Waals surface area (Å²) in [6.45, 7) is 5.88. The third kappa shape index (κ3) is 11.0. The quantitative estimate of drug-likeness (QED) is 0.546. The fourth-order valence-corrected chi connectivity index (χ4v) is 2.57. The molecule has 2 rings (SSSR count). The van der Waals surface area contributed by atoms with Crippen LogP contribution >= 0.6 is 0 Å². The van der Waals surface area contributed by atoms with Gasteiger partial charge in [-0.1, -0.05) is 57.2 Å². The smallest absolute Gasteiger partial charge is 0.335 e. The Bertz CT molecular complexity index is 628. The number of hydrogen-bond acceptors (Lipinski definition) is 4. The van der Waals surface area contributed by atoms with Crippen molar-refractivity contribution in [1.82, 2.24) is 0 Å². The predicted molar refractivity (Wildman–Crippen MR) is 113 cm³/mol. The monoisotopic (exact) mass is 404 g/mol. The maximum absolute atomic E-state index is 10.2. The van der Waals surface area contributed by atoms with Crippen LogP contribution in [0.15, 0.2) is 60.7 Å². The average Bonchev–Trinajstić information content (AvgIpc) is 2.76. The lowest BCUT2D eigenvalue weighted by Crippen LogP contribution is -2.30. The summed E-state index contributed by atoms with van der Waals surface area (Å²) in [5.41, 5.74) is 0.662. The molecule has 2 atom stereocenters. The summed E-state index contributed by atoms with van der Waals surface area (Å²) < 4.78 is 0. The number of benzene rings is 2. The van der Waals surface area contributed by atoms with Crippen molar-refractivity contribution in [3.05, 3.63) is 71.8 Å². The molecule has 0 fully saturated rings. The summed E-state index contributed by atoms with van der Waals surface area (Å²) >= 11 is 0. The molecule has 0 aliphatic rings. The number of rotatable bonds is 7. The van der Waals surface area contributed by atoms with Crippen molar-refractivity contribution in [2.75, 3.05) is 0 Å². The van der Waals surface area contributed by atoms with Gasteiger partial charge in [0.25, 0.3) is 0 Å². The van der Waals surface area contributed by atoms with Crippen molar-refractivity contribution in [3.8, 4) is 0 Å². The predicted octanol–water partition coefficient (Wildman–Crippen LogP) is 4.32. The summed E-state index contributed by atoms with van der Waals surface area (Å²) in [4.78, 5) is 20.4. The van der Waals surface area contributed by atoms with Gasteiger partial charge in [-0.25, -0.2) is 9.59 Å². The van der Waals surface area contributed by atoms with E-state index in [1.807, 2.05) is 20.8 Å². The number of aliphatic hydroxyl groups excluding tert-OH is 2. The largest absolute Gasteiger partial charge is 0.478 e. The van der Waals surface area contributed by atoms with Crippen LogP contribution < -0.4 is 0 Å². The second-order valence-electron chi connectivity index (χ2n) is 6.37. The second kappa shape index (κ2) is 15.2. The highest BCUT2D eigenvalue weighted by molar-refractivity contribution is 5.87. The fraction of sp³-hybridized carbons (Fsp3) is 0.391. The van der Waals surface area contributed by atoms with Gasteiger partial charge in [-0.05, 0) is 43.5 Å². The van der Waals surface area contributed by atoms with E-state index in [4.69, 9.17) is 10.2 Å². The minimum absolute atomic E-state index is 0.0602. The minimum atomic E-state index is -0.879. The summed E-state index contributed by atoms with van der Waals surface area (Å²) in [7, 11) is 0. The standard InChI is InChI=1S/C9H20O2.2C7H6O2/c1-4-7(8(10)5-2)9(11)6-3;2*8-7(9)6-4-2-1-3-5-6/h7-11H,4-6H2,1-3H3;2*1-5H,(H,8,9). The summed E-state index contributed by atoms with van der Waals surface area (Å²) in [6, 6.07) is 16.6. The van der Waals surface area contributed by atoms with E-state index in [1.54, 1.807) is 60.7 Å². The average molecular weight is 405 g/mol. The van der Waals surface area contributed by atoms with Gasteiger partial charge in [0.15, 0.2) is 0 Å². The van der Waals surface area contributed by atoms with E-state index in [9.17, 15) is 19.8 Å². The molecule has 29 heavy (non-hydrogen) atoms. The van der Waals surface area contributed by atoms with Crippen molar-refractivity contribution in [2.45, 2.75) is 52.2 Å². The second-order valence-corrected chi connectivity index (χ2v) is 6.37. The molecule has 2 aromatic rings. The Morgan fingerprint density at radius 2 is 0.966 bits per heavy atom. The van der Waals surface area contributed by atoms with E-state index in [0.29, 0.717) is 11.1 Å². The molecule has 6 heteroatoms. The van der Waals surface area contributed by atoms with E-state index in [1.165, 1.54) is 0 Å². The Hall–Kier alpha value is -2.70. The molecule has 0 heterocycles. The molecule has 0 bridgehead atoms. The first-order valence-electron chi connectivity index (χ1n) is 9.71. The molecule has 0 radical (unpaired) electrons. The van der Waals surface area contributed by atoms with Gasteiger partial charge in [0.05, 0.1) is 23.3 Å². The van der Waals surface area contributed by atoms with Crippen LogP contribution in [0.3, 0.4) is 0 Å². The Morgan fingerprint density at radius 1 is 0.655 bits per heavy atom.